The van der Waals surface area contributed by atoms with Gasteiger partial charge in [0.25, 0.3) is 5.56 Å². The summed E-state index contributed by atoms with van der Waals surface area (Å²) in [7, 11) is 1.41. The summed E-state index contributed by atoms with van der Waals surface area (Å²) >= 11 is 0. The summed E-state index contributed by atoms with van der Waals surface area (Å²) in [6.45, 7) is 1.40. The van der Waals surface area contributed by atoms with E-state index < -0.39 is 23.3 Å². The molecule has 0 aliphatic heterocycles. The summed E-state index contributed by atoms with van der Waals surface area (Å²) in [5.74, 6) is -0.574. The molecule has 0 aliphatic rings. The van der Waals surface area contributed by atoms with E-state index in [0.29, 0.717) is 16.5 Å². The Kier molecular flexibility index (Phi) is 5.25. The Balaban J connectivity index is 1.95. The summed E-state index contributed by atoms with van der Waals surface area (Å²) in [4.78, 5) is 38.1. The normalized spacial score (nSPS) is 12.2. The van der Waals surface area contributed by atoms with Gasteiger partial charge in [-0.1, -0.05) is 12.1 Å². The number of para-hydroxylation sites is 1. The fraction of sp³-hybridized carbons (Fsp3) is 0.158. The number of aromatic amines is 1. The van der Waals surface area contributed by atoms with E-state index in [2.05, 4.69) is 10.1 Å². The number of aliphatic carboxylic acids is 1. The number of aromatic nitrogens is 2. The standard InChI is InChI=1S/C19H17N3O6/c1-11(18(24)25)28-15-8-7-12(9-16(15)27-2)10-20-22-17(23)13-5-3-4-6-14(13)21-19(22)26/h3-11H,1-2H3,(H,21,26)(H,24,25)/t11-/m1/s1. The van der Waals surface area contributed by atoms with Gasteiger partial charge in [0.2, 0.25) is 0 Å². The molecular formula is C19H17N3O6. The molecular weight excluding hydrogens is 366 g/mol. The van der Waals surface area contributed by atoms with E-state index in [0.717, 1.165) is 4.68 Å². The Labute approximate surface area is 158 Å². The van der Waals surface area contributed by atoms with Crippen molar-refractivity contribution >= 4 is 23.1 Å². The van der Waals surface area contributed by atoms with E-state index in [1.165, 1.54) is 26.3 Å². The average molecular weight is 383 g/mol. The van der Waals surface area contributed by atoms with Crippen molar-refractivity contribution in [2.45, 2.75) is 13.0 Å². The number of benzene rings is 2. The van der Waals surface area contributed by atoms with Crippen molar-refractivity contribution < 1.29 is 19.4 Å². The van der Waals surface area contributed by atoms with Gasteiger partial charge in [-0.2, -0.15) is 5.10 Å². The largest absolute Gasteiger partial charge is 0.493 e. The Morgan fingerprint density at radius 1 is 1.21 bits per heavy atom. The van der Waals surface area contributed by atoms with Gasteiger partial charge < -0.3 is 19.6 Å². The molecule has 2 N–H and O–H groups in total. The number of carbonyl (C=O) groups is 1. The second-order valence-corrected chi connectivity index (χ2v) is 5.85. The van der Waals surface area contributed by atoms with E-state index in [4.69, 9.17) is 14.6 Å². The molecule has 1 atom stereocenters. The number of hydrogen-bond donors (Lipinski definition) is 2. The van der Waals surface area contributed by atoms with Crippen LogP contribution in [0.3, 0.4) is 0 Å². The van der Waals surface area contributed by atoms with Crippen molar-refractivity contribution in [2.75, 3.05) is 7.11 Å². The molecule has 144 valence electrons. The molecule has 0 saturated heterocycles. The van der Waals surface area contributed by atoms with Gasteiger partial charge in [-0.15, -0.1) is 4.68 Å². The van der Waals surface area contributed by atoms with Crippen molar-refractivity contribution in [1.82, 2.24) is 9.66 Å². The van der Waals surface area contributed by atoms with Crippen molar-refractivity contribution in [2.24, 2.45) is 5.10 Å². The molecule has 0 aliphatic carbocycles. The van der Waals surface area contributed by atoms with Gasteiger partial charge in [0.05, 0.1) is 24.2 Å². The molecule has 3 rings (SSSR count). The van der Waals surface area contributed by atoms with Gasteiger partial charge in [-0.05, 0) is 42.8 Å². The van der Waals surface area contributed by atoms with Crippen LogP contribution in [0.2, 0.25) is 0 Å². The molecule has 0 amide bonds. The maximum Gasteiger partial charge on any atom is 0.349 e. The lowest BCUT2D eigenvalue weighted by atomic mass is 10.2. The highest BCUT2D eigenvalue weighted by Gasteiger charge is 2.15. The van der Waals surface area contributed by atoms with Crippen LogP contribution in [0.25, 0.3) is 10.9 Å². The lowest BCUT2D eigenvalue weighted by Gasteiger charge is -2.14. The number of nitrogens with one attached hydrogen (secondary N) is 1. The Morgan fingerprint density at radius 2 is 1.96 bits per heavy atom. The highest BCUT2D eigenvalue weighted by Crippen LogP contribution is 2.28. The molecule has 3 aromatic rings. The van der Waals surface area contributed by atoms with E-state index >= 15 is 0 Å². The maximum atomic E-state index is 12.5. The number of rotatable bonds is 6. The number of fused-ring (bicyclic) bond motifs is 1. The van der Waals surface area contributed by atoms with Crippen LogP contribution >= 0.6 is 0 Å². The van der Waals surface area contributed by atoms with Crippen molar-refractivity contribution in [3.05, 3.63) is 68.9 Å². The molecule has 9 nitrogen and oxygen atoms in total. The van der Waals surface area contributed by atoms with Gasteiger partial charge in [-0.25, -0.2) is 9.59 Å². The van der Waals surface area contributed by atoms with E-state index in [1.54, 1.807) is 36.4 Å². The first-order valence-electron chi connectivity index (χ1n) is 8.26. The minimum atomic E-state index is -1.11. The highest BCUT2D eigenvalue weighted by atomic mass is 16.5. The van der Waals surface area contributed by atoms with Crippen LogP contribution in [0.4, 0.5) is 0 Å². The first-order chi connectivity index (χ1) is 13.4. The van der Waals surface area contributed by atoms with Crippen molar-refractivity contribution in [1.29, 1.82) is 0 Å². The smallest absolute Gasteiger partial charge is 0.349 e. The molecule has 0 spiro atoms. The van der Waals surface area contributed by atoms with Gasteiger partial charge in [0, 0.05) is 0 Å². The summed E-state index contributed by atoms with van der Waals surface area (Å²) in [6, 6.07) is 11.3. The fourth-order valence-electron chi connectivity index (χ4n) is 2.49. The Hall–Kier alpha value is -3.88. The highest BCUT2D eigenvalue weighted by molar-refractivity contribution is 5.81. The first-order valence-corrected chi connectivity index (χ1v) is 8.26. The summed E-state index contributed by atoms with van der Waals surface area (Å²) in [5.41, 5.74) is -0.258. The third-order valence-corrected chi connectivity index (χ3v) is 3.95. The zero-order valence-electron chi connectivity index (χ0n) is 15.1. The average Bonchev–Trinajstić information content (AvgIpc) is 2.68. The second kappa shape index (κ2) is 7.78. The van der Waals surface area contributed by atoms with E-state index in [1.807, 2.05) is 0 Å². The molecule has 28 heavy (non-hydrogen) atoms. The first kappa shape index (κ1) is 18.9. The zero-order chi connectivity index (χ0) is 20.3. The van der Waals surface area contributed by atoms with Crippen molar-refractivity contribution in [3.8, 4) is 11.5 Å². The lowest BCUT2D eigenvalue weighted by molar-refractivity contribution is -0.144. The Morgan fingerprint density at radius 3 is 2.68 bits per heavy atom. The number of hydrogen-bond acceptors (Lipinski definition) is 6. The molecule has 2 aromatic carbocycles. The number of methoxy groups -OCH3 is 1. The van der Waals surface area contributed by atoms with E-state index in [9.17, 15) is 14.4 Å². The molecule has 0 saturated carbocycles. The minimum absolute atomic E-state index is 0.246. The predicted octanol–water partition coefficient (Wildman–Crippen LogP) is 1.43. The Bertz CT molecular complexity index is 1180. The molecule has 1 heterocycles. The zero-order valence-corrected chi connectivity index (χ0v) is 15.1. The maximum absolute atomic E-state index is 12.5. The summed E-state index contributed by atoms with van der Waals surface area (Å²) in [6.07, 6.45) is 0.265. The van der Waals surface area contributed by atoms with Crippen LogP contribution in [-0.4, -0.2) is 40.2 Å². The number of carboxylic acid groups (broad SMARTS) is 1. The van der Waals surface area contributed by atoms with Crippen LogP contribution < -0.4 is 20.7 Å². The molecule has 0 bridgehead atoms. The second-order valence-electron chi connectivity index (χ2n) is 5.85. The third kappa shape index (κ3) is 3.78. The molecule has 1 aromatic heterocycles. The summed E-state index contributed by atoms with van der Waals surface area (Å²) in [5, 5.41) is 13.2. The number of ether oxygens (including phenoxy) is 2. The molecule has 9 heteroatoms. The lowest BCUT2D eigenvalue weighted by Crippen LogP contribution is -2.32. The number of nitrogens with zero attached hydrogens (tertiary/aromatic N) is 2. The van der Waals surface area contributed by atoms with Gasteiger partial charge in [-0.3, -0.25) is 4.79 Å². The van der Waals surface area contributed by atoms with E-state index in [-0.39, 0.29) is 11.5 Å². The third-order valence-electron chi connectivity index (χ3n) is 3.95. The predicted molar refractivity (Wildman–Crippen MR) is 103 cm³/mol. The quantitative estimate of drug-likeness (QED) is 0.621. The van der Waals surface area contributed by atoms with Gasteiger partial charge in [0.1, 0.15) is 0 Å². The minimum Gasteiger partial charge on any atom is -0.493 e. The number of H-pyrrole nitrogens is 1. The molecule has 0 fully saturated rings. The topological polar surface area (TPSA) is 123 Å². The fourth-order valence-corrected chi connectivity index (χ4v) is 2.49. The van der Waals surface area contributed by atoms with Crippen LogP contribution in [-0.2, 0) is 4.79 Å². The van der Waals surface area contributed by atoms with Crippen molar-refractivity contribution in [3.63, 3.8) is 0 Å². The molecule has 0 radical (unpaired) electrons. The summed E-state index contributed by atoms with van der Waals surface area (Å²) < 4.78 is 11.3. The van der Waals surface area contributed by atoms with Crippen LogP contribution in [0, 0.1) is 0 Å². The van der Waals surface area contributed by atoms with Gasteiger partial charge in [0.15, 0.2) is 17.6 Å². The van der Waals surface area contributed by atoms with Crippen LogP contribution in [0.5, 0.6) is 11.5 Å². The van der Waals surface area contributed by atoms with Crippen LogP contribution in [0.1, 0.15) is 12.5 Å². The monoisotopic (exact) mass is 383 g/mol. The molecule has 0 unspecified atom stereocenters. The van der Waals surface area contributed by atoms with Gasteiger partial charge >= 0.3 is 11.7 Å². The van der Waals surface area contributed by atoms with Crippen LogP contribution in [0.15, 0.2) is 57.2 Å². The SMILES string of the molecule is COc1cc(C=Nn2c(=O)[nH]c3ccccc3c2=O)ccc1O[C@H](C)C(=O)O. The number of carboxylic acids is 1.